The van der Waals surface area contributed by atoms with Crippen molar-refractivity contribution < 1.29 is 24.5 Å². The molecule has 3 N–H and O–H groups in total. The fraction of sp³-hybridized carbons (Fsp3) is 0.902. The lowest BCUT2D eigenvalue weighted by atomic mass is 10.0. The summed E-state index contributed by atoms with van der Waals surface area (Å²) in [7, 11) is 0. The van der Waals surface area contributed by atoms with E-state index in [1.54, 1.807) is 6.08 Å². The predicted octanol–water partition coefficient (Wildman–Crippen LogP) is 18.6. The molecule has 0 rings (SSSR count). The molecule has 6 heteroatoms. The Kier molecular flexibility index (Phi) is 55.5. The molecular formula is C61H117NO5. The smallest absolute Gasteiger partial charge is 0.305 e. The second-order valence-corrected chi connectivity index (χ2v) is 20.7. The molecule has 67 heavy (non-hydrogen) atoms. The Morgan fingerprint density at radius 3 is 1.06 bits per heavy atom. The number of ether oxygens (including phenoxy) is 1. The topological polar surface area (TPSA) is 95.9 Å². The van der Waals surface area contributed by atoms with Gasteiger partial charge in [-0.05, 0) is 57.8 Å². The van der Waals surface area contributed by atoms with E-state index >= 15 is 0 Å². The van der Waals surface area contributed by atoms with Crippen molar-refractivity contribution in [2.24, 2.45) is 0 Å². The first-order chi connectivity index (χ1) is 33.0. The molecule has 0 aliphatic carbocycles. The van der Waals surface area contributed by atoms with Crippen LogP contribution in [-0.2, 0) is 14.3 Å². The van der Waals surface area contributed by atoms with Crippen molar-refractivity contribution in [3.05, 3.63) is 24.3 Å². The fourth-order valence-corrected chi connectivity index (χ4v) is 9.34. The largest absolute Gasteiger partial charge is 0.466 e. The summed E-state index contributed by atoms with van der Waals surface area (Å²) in [5.41, 5.74) is 0. The zero-order valence-corrected chi connectivity index (χ0v) is 45.1. The van der Waals surface area contributed by atoms with Crippen LogP contribution in [0.2, 0.25) is 0 Å². The molecule has 0 aromatic carbocycles. The summed E-state index contributed by atoms with van der Waals surface area (Å²) < 4.78 is 5.48. The normalized spacial score (nSPS) is 12.7. The molecule has 0 aliphatic rings. The predicted molar refractivity (Wildman–Crippen MR) is 292 cm³/mol. The second-order valence-electron chi connectivity index (χ2n) is 20.7. The van der Waals surface area contributed by atoms with E-state index in [0.29, 0.717) is 19.4 Å². The van der Waals surface area contributed by atoms with Crippen molar-refractivity contribution in [2.75, 3.05) is 13.2 Å². The Balaban J connectivity index is 3.34. The van der Waals surface area contributed by atoms with E-state index in [4.69, 9.17) is 4.74 Å². The highest BCUT2D eigenvalue weighted by atomic mass is 16.5. The van der Waals surface area contributed by atoms with E-state index in [-0.39, 0.29) is 18.5 Å². The monoisotopic (exact) mass is 944 g/mol. The molecule has 0 radical (unpaired) electrons. The Labute approximate surface area is 418 Å². The fourth-order valence-electron chi connectivity index (χ4n) is 9.34. The Bertz CT molecular complexity index is 1040. The first-order valence-corrected chi connectivity index (χ1v) is 30.1. The van der Waals surface area contributed by atoms with E-state index in [1.807, 2.05) is 6.08 Å². The van der Waals surface area contributed by atoms with Crippen LogP contribution in [0.4, 0.5) is 0 Å². The molecule has 1 amide bonds. The molecule has 396 valence electrons. The SMILES string of the molecule is CCCCCCC/C=C\CCCCCCCC(=O)OCCCCCCCCCCCCCCCCCCCCCCCCCCCCC(=O)NC(CO)C(O)/C=C/CCCCCCCCCC. The summed E-state index contributed by atoms with van der Waals surface area (Å²) in [5.74, 6) is -0.0586. The van der Waals surface area contributed by atoms with E-state index in [9.17, 15) is 19.8 Å². The number of nitrogens with one attached hydrogen (secondary N) is 1. The van der Waals surface area contributed by atoms with Gasteiger partial charge in [0.1, 0.15) is 0 Å². The van der Waals surface area contributed by atoms with Crippen molar-refractivity contribution in [1.29, 1.82) is 0 Å². The number of hydrogen-bond acceptors (Lipinski definition) is 5. The third-order valence-electron chi connectivity index (χ3n) is 14.0. The van der Waals surface area contributed by atoms with Crippen LogP contribution in [-0.4, -0.2) is 47.4 Å². The lowest BCUT2D eigenvalue weighted by molar-refractivity contribution is -0.143. The highest BCUT2D eigenvalue weighted by molar-refractivity contribution is 5.76. The molecule has 0 fully saturated rings. The Morgan fingerprint density at radius 1 is 0.403 bits per heavy atom. The minimum atomic E-state index is -0.840. The average molecular weight is 945 g/mol. The van der Waals surface area contributed by atoms with Crippen LogP contribution >= 0.6 is 0 Å². The van der Waals surface area contributed by atoms with Crippen molar-refractivity contribution in [1.82, 2.24) is 5.32 Å². The third kappa shape index (κ3) is 53.5. The van der Waals surface area contributed by atoms with Crippen LogP contribution in [0.15, 0.2) is 24.3 Å². The van der Waals surface area contributed by atoms with Gasteiger partial charge in [-0.2, -0.15) is 0 Å². The molecule has 0 aromatic heterocycles. The Hall–Kier alpha value is -1.66. The standard InChI is InChI=1S/C61H117NO5/c1-3-5-7-9-11-13-15-16-32-35-39-43-47-51-55-61(66)67-56-52-48-44-40-36-33-30-28-26-24-22-20-18-17-19-21-23-25-27-29-31-34-38-42-46-50-54-60(65)62-58(57-63)59(64)53-49-45-41-37-14-12-10-8-6-4-2/h15-16,49,53,58-59,63-64H,3-14,17-48,50-52,54-57H2,1-2H3,(H,62,65)/b16-15-,53-49+. The van der Waals surface area contributed by atoms with Gasteiger partial charge in [-0.3, -0.25) is 9.59 Å². The maximum atomic E-state index is 12.4. The lowest BCUT2D eigenvalue weighted by Gasteiger charge is -2.20. The van der Waals surface area contributed by atoms with E-state index in [1.165, 1.54) is 257 Å². The maximum Gasteiger partial charge on any atom is 0.305 e. The zero-order valence-electron chi connectivity index (χ0n) is 45.1. The summed E-state index contributed by atoms with van der Waals surface area (Å²) in [6.45, 7) is 4.89. The van der Waals surface area contributed by atoms with Gasteiger partial charge in [-0.25, -0.2) is 0 Å². The van der Waals surface area contributed by atoms with Gasteiger partial charge in [0.15, 0.2) is 0 Å². The third-order valence-corrected chi connectivity index (χ3v) is 14.0. The van der Waals surface area contributed by atoms with Crippen LogP contribution < -0.4 is 5.32 Å². The van der Waals surface area contributed by atoms with Gasteiger partial charge in [0.05, 0.1) is 25.4 Å². The number of allylic oxidation sites excluding steroid dienone is 3. The number of esters is 1. The number of aliphatic hydroxyl groups excluding tert-OH is 2. The molecule has 0 saturated heterocycles. The minimum absolute atomic E-state index is 0.00828. The molecule has 0 saturated carbocycles. The van der Waals surface area contributed by atoms with Gasteiger partial charge < -0.3 is 20.3 Å². The number of amides is 1. The van der Waals surface area contributed by atoms with Crippen LogP contribution in [0.3, 0.4) is 0 Å². The number of carbonyl (C=O) groups is 2. The first-order valence-electron chi connectivity index (χ1n) is 30.1. The molecule has 0 spiro atoms. The second kappa shape index (κ2) is 56.9. The molecule has 2 atom stereocenters. The van der Waals surface area contributed by atoms with Crippen LogP contribution in [0, 0.1) is 0 Å². The quantitative estimate of drug-likeness (QED) is 0.0321. The van der Waals surface area contributed by atoms with E-state index < -0.39 is 12.1 Å². The summed E-state index contributed by atoms with van der Waals surface area (Å²) >= 11 is 0. The highest BCUT2D eigenvalue weighted by Crippen LogP contribution is 2.17. The van der Waals surface area contributed by atoms with Crippen molar-refractivity contribution in [3.63, 3.8) is 0 Å². The summed E-state index contributed by atoms with van der Waals surface area (Å²) in [6.07, 6.45) is 69.4. The minimum Gasteiger partial charge on any atom is -0.466 e. The number of hydrogen-bond donors (Lipinski definition) is 3. The van der Waals surface area contributed by atoms with E-state index in [2.05, 4.69) is 31.3 Å². The number of aliphatic hydroxyl groups is 2. The maximum absolute atomic E-state index is 12.4. The summed E-state index contributed by atoms with van der Waals surface area (Å²) in [6, 6.07) is -0.624. The summed E-state index contributed by atoms with van der Waals surface area (Å²) in [4.78, 5) is 24.4. The van der Waals surface area contributed by atoms with Crippen molar-refractivity contribution >= 4 is 11.9 Å². The number of unbranched alkanes of at least 4 members (excludes halogenated alkanes) is 43. The molecule has 0 heterocycles. The van der Waals surface area contributed by atoms with Gasteiger partial charge in [0, 0.05) is 12.8 Å². The highest BCUT2D eigenvalue weighted by Gasteiger charge is 2.18. The molecule has 6 nitrogen and oxygen atoms in total. The van der Waals surface area contributed by atoms with Gasteiger partial charge in [0.2, 0.25) is 5.91 Å². The molecular weight excluding hydrogens is 827 g/mol. The summed E-state index contributed by atoms with van der Waals surface area (Å²) in [5, 5.41) is 23.0. The number of rotatable bonds is 56. The van der Waals surface area contributed by atoms with Crippen molar-refractivity contribution in [3.8, 4) is 0 Å². The van der Waals surface area contributed by atoms with Gasteiger partial charge in [-0.15, -0.1) is 0 Å². The zero-order chi connectivity index (χ0) is 48.6. The Morgan fingerprint density at radius 2 is 0.701 bits per heavy atom. The van der Waals surface area contributed by atoms with Gasteiger partial charge in [-0.1, -0.05) is 282 Å². The molecule has 0 aromatic rings. The molecule has 0 bridgehead atoms. The first kappa shape index (κ1) is 65.3. The van der Waals surface area contributed by atoms with Gasteiger partial charge in [0.25, 0.3) is 0 Å². The van der Waals surface area contributed by atoms with Gasteiger partial charge >= 0.3 is 5.97 Å². The molecule has 0 aliphatic heterocycles. The molecule has 2 unspecified atom stereocenters. The average Bonchev–Trinajstić information content (AvgIpc) is 3.33. The lowest BCUT2D eigenvalue weighted by Crippen LogP contribution is -2.45. The van der Waals surface area contributed by atoms with Crippen LogP contribution in [0.25, 0.3) is 0 Å². The van der Waals surface area contributed by atoms with Crippen LogP contribution in [0.5, 0.6) is 0 Å². The van der Waals surface area contributed by atoms with Crippen molar-refractivity contribution in [2.45, 2.75) is 341 Å². The van der Waals surface area contributed by atoms with Crippen LogP contribution in [0.1, 0.15) is 328 Å². The van der Waals surface area contributed by atoms with E-state index in [0.717, 1.165) is 44.9 Å². The number of carbonyl (C=O) groups excluding carboxylic acids is 2.